The highest BCUT2D eigenvalue weighted by molar-refractivity contribution is 6.30. The first-order chi connectivity index (χ1) is 12.8. The number of hydrogen-bond acceptors (Lipinski definition) is 3. The summed E-state index contributed by atoms with van der Waals surface area (Å²) in [5.74, 6) is -0.329. The van der Waals surface area contributed by atoms with Crippen molar-refractivity contribution in [1.82, 2.24) is 9.78 Å². The molecule has 1 aromatic heterocycles. The number of aryl methyl sites for hydroxylation is 2. The second kappa shape index (κ2) is 7.76. The highest BCUT2D eigenvalue weighted by Crippen LogP contribution is 2.22. The monoisotopic (exact) mass is 381 g/mol. The number of rotatable bonds is 4. The molecular formula is C21H20ClN3O2. The third-order valence-corrected chi connectivity index (χ3v) is 4.60. The molecule has 0 aliphatic rings. The Bertz CT molecular complexity index is 1040. The molecule has 0 spiro atoms. The molecule has 0 aliphatic carbocycles. The van der Waals surface area contributed by atoms with E-state index in [0.29, 0.717) is 16.4 Å². The summed E-state index contributed by atoms with van der Waals surface area (Å²) < 4.78 is 1.21. The number of benzene rings is 2. The summed E-state index contributed by atoms with van der Waals surface area (Å²) in [7, 11) is 0. The average Bonchev–Trinajstić information content (AvgIpc) is 2.65. The number of carbonyl (C=O) groups is 1. The van der Waals surface area contributed by atoms with Crippen LogP contribution in [-0.2, 0) is 4.79 Å². The maximum atomic E-state index is 12.6. The average molecular weight is 382 g/mol. The van der Waals surface area contributed by atoms with Crippen LogP contribution in [0.3, 0.4) is 0 Å². The van der Waals surface area contributed by atoms with Crippen LogP contribution >= 0.6 is 11.6 Å². The molecule has 3 aromatic rings. The molecule has 138 valence electrons. The van der Waals surface area contributed by atoms with Crippen molar-refractivity contribution in [3.63, 3.8) is 0 Å². The smallest absolute Gasteiger partial charge is 0.267 e. The minimum Gasteiger partial charge on any atom is -0.324 e. The number of amides is 1. The number of nitrogens with zero attached hydrogens (tertiary/aromatic N) is 2. The van der Waals surface area contributed by atoms with E-state index in [2.05, 4.69) is 10.4 Å². The molecule has 1 amide bonds. The van der Waals surface area contributed by atoms with Gasteiger partial charge in [0.15, 0.2) is 0 Å². The van der Waals surface area contributed by atoms with Crippen LogP contribution in [0.25, 0.3) is 11.3 Å². The van der Waals surface area contributed by atoms with Gasteiger partial charge in [0.25, 0.3) is 5.56 Å². The predicted octanol–water partition coefficient (Wildman–Crippen LogP) is 4.38. The second-order valence-corrected chi connectivity index (χ2v) is 6.93. The summed E-state index contributed by atoms with van der Waals surface area (Å²) in [5, 5.41) is 7.80. The van der Waals surface area contributed by atoms with Gasteiger partial charge in [-0.2, -0.15) is 5.10 Å². The fourth-order valence-corrected chi connectivity index (χ4v) is 2.88. The van der Waals surface area contributed by atoms with Gasteiger partial charge in [-0.15, -0.1) is 0 Å². The third kappa shape index (κ3) is 4.26. The molecule has 1 heterocycles. The summed E-state index contributed by atoms with van der Waals surface area (Å²) >= 11 is 5.86. The highest BCUT2D eigenvalue weighted by atomic mass is 35.5. The number of nitrogens with one attached hydrogen (secondary N) is 1. The number of carbonyl (C=O) groups excluding carboxylic acids is 1. The first kappa shape index (κ1) is 18.9. The van der Waals surface area contributed by atoms with Gasteiger partial charge in [0.2, 0.25) is 5.91 Å². The Kier molecular flexibility index (Phi) is 5.42. The second-order valence-electron chi connectivity index (χ2n) is 6.49. The van der Waals surface area contributed by atoms with Crippen molar-refractivity contribution >= 4 is 23.2 Å². The number of hydrogen-bond donors (Lipinski definition) is 1. The Morgan fingerprint density at radius 1 is 1.07 bits per heavy atom. The van der Waals surface area contributed by atoms with Crippen molar-refractivity contribution in [1.29, 1.82) is 0 Å². The van der Waals surface area contributed by atoms with Crippen molar-refractivity contribution in [3.8, 4) is 11.3 Å². The molecule has 3 rings (SSSR count). The molecule has 2 aromatic carbocycles. The third-order valence-electron chi connectivity index (χ3n) is 4.35. The standard InChI is InChI=1S/C21H20ClN3O2/c1-13-4-5-14(2)18(12-13)19-10-11-20(26)25(24-19)15(3)21(27)23-17-8-6-16(22)7-9-17/h4-12,15H,1-3H3,(H,23,27). The zero-order valence-corrected chi connectivity index (χ0v) is 16.1. The van der Waals surface area contributed by atoms with Gasteiger partial charge in [-0.25, -0.2) is 4.68 Å². The highest BCUT2D eigenvalue weighted by Gasteiger charge is 2.18. The first-order valence-corrected chi connectivity index (χ1v) is 8.97. The van der Waals surface area contributed by atoms with Gasteiger partial charge >= 0.3 is 0 Å². The van der Waals surface area contributed by atoms with E-state index in [1.807, 2.05) is 32.0 Å². The topological polar surface area (TPSA) is 64.0 Å². The predicted molar refractivity (Wildman–Crippen MR) is 108 cm³/mol. The molecule has 0 bridgehead atoms. The molecule has 1 N–H and O–H groups in total. The van der Waals surface area contributed by atoms with Crippen molar-refractivity contribution in [2.24, 2.45) is 0 Å². The lowest BCUT2D eigenvalue weighted by Gasteiger charge is -2.16. The van der Waals surface area contributed by atoms with Gasteiger partial charge in [0, 0.05) is 22.3 Å². The number of aromatic nitrogens is 2. The van der Waals surface area contributed by atoms with E-state index in [9.17, 15) is 9.59 Å². The zero-order valence-electron chi connectivity index (χ0n) is 15.4. The Labute approximate surface area is 162 Å². The molecule has 0 saturated carbocycles. The van der Waals surface area contributed by atoms with Crippen LogP contribution in [-0.4, -0.2) is 15.7 Å². The molecule has 1 atom stereocenters. The molecule has 0 radical (unpaired) electrons. The summed E-state index contributed by atoms with van der Waals surface area (Å²) in [6.45, 7) is 5.64. The molecule has 0 saturated heterocycles. The quantitative estimate of drug-likeness (QED) is 0.729. The van der Waals surface area contributed by atoms with Crippen LogP contribution in [0.5, 0.6) is 0 Å². The molecule has 27 heavy (non-hydrogen) atoms. The lowest BCUT2D eigenvalue weighted by molar-refractivity contribution is -0.119. The van der Waals surface area contributed by atoms with Crippen LogP contribution in [0.2, 0.25) is 5.02 Å². The van der Waals surface area contributed by atoms with E-state index in [0.717, 1.165) is 16.7 Å². The van der Waals surface area contributed by atoms with E-state index in [1.54, 1.807) is 37.3 Å². The first-order valence-electron chi connectivity index (χ1n) is 8.59. The lowest BCUT2D eigenvalue weighted by Crippen LogP contribution is -2.33. The van der Waals surface area contributed by atoms with Gasteiger partial charge in [0.05, 0.1) is 5.69 Å². The van der Waals surface area contributed by atoms with Crippen molar-refractivity contribution in [2.45, 2.75) is 26.8 Å². The Morgan fingerprint density at radius 3 is 2.48 bits per heavy atom. The molecule has 0 fully saturated rings. The van der Waals surface area contributed by atoms with Crippen LogP contribution in [0, 0.1) is 13.8 Å². The normalized spacial score (nSPS) is 11.9. The molecule has 1 unspecified atom stereocenters. The SMILES string of the molecule is Cc1ccc(C)c(-c2ccc(=O)n(C(C)C(=O)Nc3ccc(Cl)cc3)n2)c1. The van der Waals surface area contributed by atoms with E-state index >= 15 is 0 Å². The number of halogens is 1. The van der Waals surface area contributed by atoms with Crippen LogP contribution < -0.4 is 10.9 Å². The van der Waals surface area contributed by atoms with Crippen LogP contribution in [0.4, 0.5) is 5.69 Å². The Morgan fingerprint density at radius 2 is 1.78 bits per heavy atom. The van der Waals surface area contributed by atoms with E-state index in [-0.39, 0.29) is 11.5 Å². The maximum Gasteiger partial charge on any atom is 0.267 e. The Balaban J connectivity index is 1.91. The van der Waals surface area contributed by atoms with Gasteiger partial charge < -0.3 is 5.32 Å². The molecule has 6 heteroatoms. The minimum absolute atomic E-state index is 0.329. The van der Waals surface area contributed by atoms with Crippen molar-refractivity contribution in [3.05, 3.63) is 81.1 Å². The Hall–Kier alpha value is -2.92. The van der Waals surface area contributed by atoms with Gasteiger partial charge in [-0.1, -0.05) is 29.3 Å². The van der Waals surface area contributed by atoms with Crippen LogP contribution in [0.15, 0.2) is 59.4 Å². The summed E-state index contributed by atoms with van der Waals surface area (Å²) in [6.07, 6.45) is 0. The summed E-state index contributed by atoms with van der Waals surface area (Å²) in [5.41, 5.74) is 4.02. The van der Waals surface area contributed by atoms with Crippen molar-refractivity contribution in [2.75, 3.05) is 5.32 Å². The fraction of sp³-hybridized carbons (Fsp3) is 0.190. The van der Waals surface area contributed by atoms with Gasteiger partial charge in [0.1, 0.15) is 6.04 Å². The van der Waals surface area contributed by atoms with Crippen molar-refractivity contribution < 1.29 is 4.79 Å². The van der Waals surface area contributed by atoms with E-state index in [4.69, 9.17) is 11.6 Å². The van der Waals surface area contributed by atoms with Crippen LogP contribution in [0.1, 0.15) is 24.1 Å². The maximum absolute atomic E-state index is 12.6. The molecule has 0 aliphatic heterocycles. The summed E-state index contributed by atoms with van der Waals surface area (Å²) in [6, 6.07) is 15.2. The lowest BCUT2D eigenvalue weighted by atomic mass is 10.0. The summed E-state index contributed by atoms with van der Waals surface area (Å²) in [4.78, 5) is 24.9. The zero-order chi connectivity index (χ0) is 19.6. The van der Waals surface area contributed by atoms with Gasteiger partial charge in [-0.3, -0.25) is 9.59 Å². The van der Waals surface area contributed by atoms with Gasteiger partial charge in [-0.05, 0) is 62.7 Å². The number of anilines is 1. The molecule has 5 nitrogen and oxygen atoms in total. The fourth-order valence-electron chi connectivity index (χ4n) is 2.75. The largest absolute Gasteiger partial charge is 0.324 e. The van der Waals surface area contributed by atoms with E-state index < -0.39 is 6.04 Å². The van der Waals surface area contributed by atoms with E-state index in [1.165, 1.54) is 10.7 Å². The minimum atomic E-state index is -0.766. The molecular weight excluding hydrogens is 362 g/mol.